The summed E-state index contributed by atoms with van der Waals surface area (Å²) in [6.07, 6.45) is 0. The number of nitrogens with one attached hydrogen (secondary N) is 3. The SMILES string of the molecule is COc1cccc(C2NNC3C(=O)NC(c4ccc(Cl)cc4Cl)C32)c1. The van der Waals surface area contributed by atoms with Crippen molar-refractivity contribution in [2.24, 2.45) is 5.92 Å². The minimum absolute atomic E-state index is 0.0294. The monoisotopic (exact) mass is 377 g/mol. The standard InChI is InChI=1S/C18H17Cl2N3O2/c1-25-11-4-2-3-9(7-11)15-14-16(21-18(24)17(14)23-22-15)12-6-5-10(19)8-13(12)20/h2-8,14-17,22-23H,1H3,(H,21,24). The maximum Gasteiger partial charge on any atom is 0.239 e. The number of amides is 1. The van der Waals surface area contributed by atoms with E-state index in [0.29, 0.717) is 10.0 Å². The number of hydrogen-bond donors (Lipinski definition) is 3. The van der Waals surface area contributed by atoms with Gasteiger partial charge in [0.1, 0.15) is 11.8 Å². The molecule has 2 aliphatic heterocycles. The van der Waals surface area contributed by atoms with E-state index in [1.165, 1.54) is 0 Å². The van der Waals surface area contributed by atoms with Crippen LogP contribution in [0, 0.1) is 5.92 Å². The second-order valence-corrected chi connectivity index (χ2v) is 7.09. The third-order valence-electron chi connectivity index (χ3n) is 4.88. The lowest BCUT2D eigenvalue weighted by atomic mass is 9.83. The Bertz CT molecular complexity index is 830. The van der Waals surface area contributed by atoms with E-state index in [0.717, 1.165) is 16.9 Å². The Morgan fingerprint density at radius 3 is 2.56 bits per heavy atom. The van der Waals surface area contributed by atoms with E-state index >= 15 is 0 Å². The number of ether oxygens (including phenoxy) is 1. The number of fused-ring (bicyclic) bond motifs is 1. The molecule has 2 aliphatic rings. The van der Waals surface area contributed by atoms with Crippen LogP contribution in [0.15, 0.2) is 42.5 Å². The highest BCUT2D eigenvalue weighted by Gasteiger charge is 2.51. The topological polar surface area (TPSA) is 62.4 Å². The van der Waals surface area contributed by atoms with Gasteiger partial charge < -0.3 is 10.1 Å². The first-order valence-electron chi connectivity index (χ1n) is 7.99. The normalized spacial score (nSPS) is 27.9. The summed E-state index contributed by atoms with van der Waals surface area (Å²) in [5.74, 6) is 0.707. The van der Waals surface area contributed by atoms with Crippen molar-refractivity contribution in [3.05, 3.63) is 63.6 Å². The third-order valence-corrected chi connectivity index (χ3v) is 5.44. The van der Waals surface area contributed by atoms with Crippen LogP contribution in [-0.2, 0) is 4.79 Å². The lowest BCUT2D eigenvalue weighted by molar-refractivity contribution is -0.121. The van der Waals surface area contributed by atoms with Gasteiger partial charge in [0.2, 0.25) is 5.91 Å². The minimum Gasteiger partial charge on any atom is -0.497 e. The van der Waals surface area contributed by atoms with E-state index in [2.05, 4.69) is 16.2 Å². The van der Waals surface area contributed by atoms with Crippen LogP contribution >= 0.6 is 23.2 Å². The predicted octanol–water partition coefficient (Wildman–Crippen LogP) is 3.01. The molecule has 2 aromatic rings. The van der Waals surface area contributed by atoms with Gasteiger partial charge in [-0.1, -0.05) is 41.4 Å². The van der Waals surface area contributed by atoms with Gasteiger partial charge in [-0.05, 0) is 35.4 Å². The fourth-order valence-corrected chi connectivity index (χ4v) is 4.23. The van der Waals surface area contributed by atoms with Crippen LogP contribution in [-0.4, -0.2) is 19.1 Å². The Hall–Kier alpha value is -1.79. The molecule has 4 atom stereocenters. The zero-order valence-electron chi connectivity index (χ0n) is 13.4. The van der Waals surface area contributed by atoms with E-state index in [4.69, 9.17) is 27.9 Å². The zero-order valence-corrected chi connectivity index (χ0v) is 14.9. The maximum atomic E-state index is 12.4. The number of hydrazine groups is 1. The number of hydrogen-bond acceptors (Lipinski definition) is 4. The highest BCUT2D eigenvalue weighted by Crippen LogP contribution is 2.44. The molecule has 0 aromatic heterocycles. The van der Waals surface area contributed by atoms with E-state index in [9.17, 15) is 4.79 Å². The van der Waals surface area contributed by atoms with Crippen LogP contribution in [0.4, 0.5) is 0 Å². The summed E-state index contributed by atoms with van der Waals surface area (Å²) in [4.78, 5) is 12.4. The maximum absolute atomic E-state index is 12.4. The summed E-state index contributed by atoms with van der Waals surface area (Å²) in [5, 5.41) is 4.18. The Morgan fingerprint density at radius 2 is 1.80 bits per heavy atom. The fraction of sp³-hybridized carbons (Fsp3) is 0.278. The molecule has 4 rings (SSSR count). The van der Waals surface area contributed by atoms with Gasteiger partial charge in [0.05, 0.1) is 19.2 Å². The van der Waals surface area contributed by atoms with Crippen LogP contribution in [0.5, 0.6) is 5.75 Å². The predicted molar refractivity (Wildman–Crippen MR) is 96.6 cm³/mol. The zero-order chi connectivity index (χ0) is 17.6. The number of methoxy groups -OCH3 is 1. The van der Waals surface area contributed by atoms with E-state index < -0.39 is 0 Å². The lowest BCUT2D eigenvalue weighted by Crippen LogP contribution is -2.39. The molecule has 2 aromatic carbocycles. The van der Waals surface area contributed by atoms with Gasteiger partial charge in [-0.15, -0.1) is 0 Å². The summed E-state index contributed by atoms with van der Waals surface area (Å²) in [5.41, 5.74) is 8.28. The Morgan fingerprint density at radius 1 is 1.00 bits per heavy atom. The quantitative estimate of drug-likeness (QED) is 0.769. The first-order valence-corrected chi connectivity index (χ1v) is 8.74. The molecule has 1 amide bonds. The molecule has 0 radical (unpaired) electrons. The summed E-state index contributed by atoms with van der Waals surface area (Å²) < 4.78 is 5.32. The lowest BCUT2D eigenvalue weighted by Gasteiger charge is -2.25. The minimum atomic E-state index is -0.326. The molecule has 130 valence electrons. The third kappa shape index (κ3) is 2.87. The average molecular weight is 378 g/mol. The largest absolute Gasteiger partial charge is 0.497 e. The molecular formula is C18H17Cl2N3O2. The van der Waals surface area contributed by atoms with Crippen molar-refractivity contribution in [1.29, 1.82) is 0 Å². The molecule has 0 saturated carbocycles. The summed E-state index contributed by atoms with van der Waals surface area (Å²) >= 11 is 12.4. The number of halogens is 2. The number of carbonyl (C=O) groups is 1. The van der Waals surface area contributed by atoms with Crippen molar-refractivity contribution < 1.29 is 9.53 Å². The molecule has 7 heteroatoms. The number of rotatable bonds is 3. The molecule has 0 bridgehead atoms. The molecule has 4 unspecified atom stereocenters. The van der Waals surface area contributed by atoms with E-state index in [1.807, 2.05) is 30.3 Å². The fourth-order valence-electron chi connectivity index (χ4n) is 3.71. The van der Waals surface area contributed by atoms with Gasteiger partial charge in [0, 0.05) is 16.0 Å². The van der Waals surface area contributed by atoms with Crippen LogP contribution in [0.1, 0.15) is 23.2 Å². The van der Waals surface area contributed by atoms with Crippen molar-refractivity contribution in [3.8, 4) is 5.75 Å². The van der Waals surface area contributed by atoms with Crippen molar-refractivity contribution in [1.82, 2.24) is 16.2 Å². The van der Waals surface area contributed by atoms with Crippen molar-refractivity contribution >= 4 is 29.1 Å². The molecule has 2 saturated heterocycles. The van der Waals surface area contributed by atoms with Gasteiger partial charge in [-0.3, -0.25) is 4.79 Å². The number of benzene rings is 2. The molecule has 25 heavy (non-hydrogen) atoms. The Labute approximate surface area is 155 Å². The summed E-state index contributed by atoms with van der Waals surface area (Å²) in [7, 11) is 1.64. The highest BCUT2D eigenvalue weighted by atomic mass is 35.5. The smallest absolute Gasteiger partial charge is 0.239 e. The second-order valence-electron chi connectivity index (χ2n) is 6.25. The molecule has 2 heterocycles. The first kappa shape index (κ1) is 16.7. The number of carbonyl (C=O) groups excluding carboxylic acids is 1. The Balaban J connectivity index is 1.73. The van der Waals surface area contributed by atoms with E-state index in [-0.39, 0.29) is 30.0 Å². The first-order chi connectivity index (χ1) is 12.1. The van der Waals surface area contributed by atoms with Crippen molar-refractivity contribution in [3.63, 3.8) is 0 Å². The van der Waals surface area contributed by atoms with Crippen LogP contribution in [0.25, 0.3) is 0 Å². The highest BCUT2D eigenvalue weighted by molar-refractivity contribution is 6.35. The van der Waals surface area contributed by atoms with Crippen molar-refractivity contribution in [2.45, 2.75) is 18.1 Å². The average Bonchev–Trinajstić information content (AvgIpc) is 3.17. The molecule has 0 aliphatic carbocycles. The van der Waals surface area contributed by atoms with Crippen LogP contribution in [0.3, 0.4) is 0 Å². The summed E-state index contributed by atoms with van der Waals surface area (Å²) in [6.45, 7) is 0. The van der Waals surface area contributed by atoms with E-state index in [1.54, 1.807) is 19.2 Å². The molecular weight excluding hydrogens is 361 g/mol. The van der Waals surface area contributed by atoms with Gasteiger partial charge in [-0.25, -0.2) is 10.9 Å². The van der Waals surface area contributed by atoms with Gasteiger partial charge in [-0.2, -0.15) is 0 Å². The molecule has 5 nitrogen and oxygen atoms in total. The van der Waals surface area contributed by atoms with Crippen molar-refractivity contribution in [2.75, 3.05) is 7.11 Å². The van der Waals surface area contributed by atoms with Gasteiger partial charge in [0.15, 0.2) is 0 Å². The second kappa shape index (κ2) is 6.50. The molecule has 3 N–H and O–H groups in total. The molecule has 0 spiro atoms. The van der Waals surface area contributed by atoms with Gasteiger partial charge >= 0.3 is 0 Å². The van der Waals surface area contributed by atoms with Crippen LogP contribution < -0.4 is 20.9 Å². The summed E-state index contributed by atoms with van der Waals surface area (Å²) in [6, 6.07) is 12.6. The Kier molecular flexibility index (Phi) is 4.33. The van der Waals surface area contributed by atoms with Crippen LogP contribution in [0.2, 0.25) is 10.0 Å². The van der Waals surface area contributed by atoms with Gasteiger partial charge in [0.25, 0.3) is 0 Å². The molecule has 2 fully saturated rings.